The van der Waals surface area contributed by atoms with Crippen molar-refractivity contribution in [3.05, 3.63) is 72.8 Å². The average Bonchev–Trinajstić information content (AvgIpc) is 3.19. The summed E-state index contributed by atoms with van der Waals surface area (Å²) in [6.45, 7) is 3.99. The molecule has 3 aromatic carbocycles. The molecule has 0 bridgehead atoms. The molecule has 5 rings (SSSR count). The highest BCUT2D eigenvalue weighted by molar-refractivity contribution is 6.10. The second kappa shape index (κ2) is 9.23. The Morgan fingerprint density at radius 2 is 1.78 bits per heavy atom. The van der Waals surface area contributed by atoms with Crippen LogP contribution in [0.25, 0.3) is 21.8 Å². The van der Waals surface area contributed by atoms with E-state index in [-0.39, 0.29) is 12.7 Å². The predicted octanol–water partition coefficient (Wildman–Crippen LogP) is 4.99. The summed E-state index contributed by atoms with van der Waals surface area (Å²) in [5, 5.41) is 12.9. The third-order valence-electron chi connectivity index (χ3n) is 6.38. The number of piperidine rings is 1. The van der Waals surface area contributed by atoms with E-state index >= 15 is 0 Å². The number of aliphatic hydroxyl groups is 1. The van der Waals surface area contributed by atoms with Crippen LogP contribution in [-0.2, 0) is 0 Å². The lowest BCUT2D eigenvalue weighted by atomic mass is 10.00. The van der Waals surface area contributed by atoms with Gasteiger partial charge in [0.1, 0.15) is 30.3 Å². The first-order chi connectivity index (χ1) is 15.7. The molecule has 5 heteroatoms. The molecule has 5 nitrogen and oxygen atoms in total. The molecule has 3 unspecified atom stereocenters. The van der Waals surface area contributed by atoms with Crippen molar-refractivity contribution in [1.29, 1.82) is 0 Å². The molecule has 1 aliphatic rings. The summed E-state index contributed by atoms with van der Waals surface area (Å²) in [5.41, 5.74) is 2.14. The Bertz CT molecular complexity index is 1170. The lowest BCUT2D eigenvalue weighted by Crippen LogP contribution is -2.48. The summed E-state index contributed by atoms with van der Waals surface area (Å²) in [4.78, 5) is 5.77. The van der Waals surface area contributed by atoms with E-state index in [4.69, 9.17) is 9.47 Å². The molecule has 1 saturated heterocycles. The topological polar surface area (TPSA) is 57.7 Å². The van der Waals surface area contributed by atoms with Gasteiger partial charge >= 0.3 is 0 Å². The highest BCUT2D eigenvalue weighted by Gasteiger charge is 2.28. The fourth-order valence-corrected chi connectivity index (χ4v) is 4.75. The number of rotatable bonds is 7. The molecule has 3 atom stereocenters. The number of aromatic nitrogens is 1. The fraction of sp³-hybridized carbons (Fsp3) is 0.333. The Hall–Kier alpha value is -3.02. The maximum atomic E-state index is 10.7. The van der Waals surface area contributed by atoms with E-state index in [1.807, 2.05) is 54.6 Å². The van der Waals surface area contributed by atoms with Crippen LogP contribution in [0.4, 0.5) is 0 Å². The van der Waals surface area contributed by atoms with Crippen LogP contribution in [0.3, 0.4) is 0 Å². The third kappa shape index (κ3) is 4.45. The van der Waals surface area contributed by atoms with Crippen LogP contribution >= 0.6 is 0 Å². The number of β-amino-alcohol motifs (C(OH)–C–C–N with tert-alkyl or cyclic N) is 1. The van der Waals surface area contributed by atoms with Crippen LogP contribution in [0.15, 0.2) is 72.8 Å². The molecule has 1 fully saturated rings. The second-order valence-electron chi connectivity index (χ2n) is 8.74. The number of aliphatic hydroxyl groups excluding tert-OH is 1. The maximum Gasteiger partial charge on any atom is 0.129 e. The number of likely N-dealkylation sites (tertiary alicyclic amines) is 1. The van der Waals surface area contributed by atoms with E-state index < -0.39 is 6.10 Å². The van der Waals surface area contributed by atoms with Gasteiger partial charge in [0.05, 0.1) is 5.52 Å². The number of nitrogens with zero attached hydrogens (tertiary/aromatic N) is 1. The molecule has 2 heterocycles. The third-order valence-corrected chi connectivity index (χ3v) is 6.38. The SMILES string of the molecule is CC1CC(Oc2ccccc2)CCN1CC(O)COc1cccc2[nH]c3ccccc3c12. The van der Waals surface area contributed by atoms with Crippen molar-refractivity contribution < 1.29 is 14.6 Å². The first-order valence-electron chi connectivity index (χ1n) is 11.4. The molecule has 4 aromatic rings. The number of hydrogen-bond donors (Lipinski definition) is 2. The number of hydrogen-bond acceptors (Lipinski definition) is 4. The van der Waals surface area contributed by atoms with E-state index in [0.29, 0.717) is 12.6 Å². The lowest BCUT2D eigenvalue weighted by molar-refractivity contribution is 0.0155. The van der Waals surface area contributed by atoms with Crippen molar-refractivity contribution in [2.75, 3.05) is 19.7 Å². The molecule has 0 aliphatic carbocycles. The number of aromatic amines is 1. The molecule has 0 amide bonds. The Morgan fingerprint density at radius 3 is 2.62 bits per heavy atom. The summed E-state index contributed by atoms with van der Waals surface area (Å²) < 4.78 is 12.2. The van der Waals surface area contributed by atoms with Gasteiger partial charge in [0, 0.05) is 35.4 Å². The summed E-state index contributed by atoms with van der Waals surface area (Å²) in [6, 6.07) is 24.6. The minimum absolute atomic E-state index is 0.219. The highest BCUT2D eigenvalue weighted by atomic mass is 16.5. The van der Waals surface area contributed by atoms with E-state index in [1.165, 1.54) is 0 Å². The molecule has 2 N–H and O–H groups in total. The Morgan fingerprint density at radius 1 is 1.00 bits per heavy atom. The predicted molar refractivity (Wildman–Crippen MR) is 128 cm³/mol. The van der Waals surface area contributed by atoms with Crippen molar-refractivity contribution >= 4 is 21.8 Å². The van der Waals surface area contributed by atoms with Crippen molar-refractivity contribution in [3.63, 3.8) is 0 Å². The number of nitrogens with one attached hydrogen (secondary N) is 1. The zero-order valence-corrected chi connectivity index (χ0v) is 18.4. The van der Waals surface area contributed by atoms with Gasteiger partial charge in [-0.1, -0.05) is 42.5 Å². The number of H-pyrrole nitrogens is 1. The van der Waals surface area contributed by atoms with Gasteiger partial charge < -0.3 is 19.6 Å². The quantitative estimate of drug-likeness (QED) is 0.434. The van der Waals surface area contributed by atoms with Gasteiger partial charge in [-0.3, -0.25) is 4.90 Å². The average molecular weight is 431 g/mol. The zero-order chi connectivity index (χ0) is 21.9. The number of benzene rings is 3. The van der Waals surface area contributed by atoms with Gasteiger partial charge in [-0.15, -0.1) is 0 Å². The molecule has 1 aliphatic heterocycles. The highest BCUT2D eigenvalue weighted by Crippen LogP contribution is 2.33. The molecule has 1 aromatic heterocycles. The van der Waals surface area contributed by atoms with Crippen molar-refractivity contribution in [1.82, 2.24) is 9.88 Å². The van der Waals surface area contributed by atoms with Crippen LogP contribution in [0, 0.1) is 0 Å². The second-order valence-corrected chi connectivity index (χ2v) is 8.74. The number of para-hydroxylation sites is 2. The molecule has 0 radical (unpaired) electrons. The van der Waals surface area contributed by atoms with Gasteiger partial charge in [0.2, 0.25) is 0 Å². The standard InChI is InChI=1S/C27H30N2O3/c1-19-16-22(32-21-8-3-2-4-9-21)14-15-29(19)17-20(30)18-31-26-13-7-12-25-27(26)23-10-5-6-11-24(23)28-25/h2-13,19-20,22,28,30H,14-18H2,1H3. The molecule has 32 heavy (non-hydrogen) atoms. The van der Waals surface area contributed by atoms with Crippen LogP contribution in [0.5, 0.6) is 11.5 Å². The summed E-state index contributed by atoms with van der Waals surface area (Å²) in [7, 11) is 0. The minimum Gasteiger partial charge on any atom is -0.490 e. The largest absolute Gasteiger partial charge is 0.490 e. The fourth-order valence-electron chi connectivity index (χ4n) is 4.75. The summed E-state index contributed by atoms with van der Waals surface area (Å²) in [6.07, 6.45) is 1.58. The van der Waals surface area contributed by atoms with Crippen LogP contribution in [0.1, 0.15) is 19.8 Å². The Labute approximate surface area is 188 Å². The van der Waals surface area contributed by atoms with E-state index in [9.17, 15) is 5.11 Å². The van der Waals surface area contributed by atoms with Gasteiger partial charge in [0.15, 0.2) is 0 Å². The Kier molecular flexibility index (Phi) is 6.02. The first kappa shape index (κ1) is 20.9. The molecular formula is C27H30N2O3. The smallest absolute Gasteiger partial charge is 0.129 e. The Balaban J connectivity index is 1.18. The van der Waals surface area contributed by atoms with Gasteiger partial charge in [0.25, 0.3) is 0 Å². The minimum atomic E-state index is -0.551. The zero-order valence-electron chi connectivity index (χ0n) is 18.4. The molecule has 0 spiro atoms. The summed E-state index contributed by atoms with van der Waals surface area (Å²) >= 11 is 0. The molecular weight excluding hydrogens is 400 g/mol. The van der Waals surface area contributed by atoms with E-state index in [0.717, 1.165) is 52.7 Å². The number of fused-ring (bicyclic) bond motifs is 3. The van der Waals surface area contributed by atoms with Gasteiger partial charge in [-0.25, -0.2) is 0 Å². The van der Waals surface area contributed by atoms with Crippen molar-refractivity contribution in [2.45, 2.75) is 38.0 Å². The van der Waals surface area contributed by atoms with E-state index in [2.05, 4.69) is 35.0 Å². The van der Waals surface area contributed by atoms with E-state index in [1.54, 1.807) is 0 Å². The monoisotopic (exact) mass is 430 g/mol. The van der Waals surface area contributed by atoms with Crippen LogP contribution < -0.4 is 9.47 Å². The van der Waals surface area contributed by atoms with Gasteiger partial charge in [-0.05, 0) is 50.1 Å². The maximum absolute atomic E-state index is 10.7. The molecule has 0 saturated carbocycles. The van der Waals surface area contributed by atoms with Crippen molar-refractivity contribution in [2.24, 2.45) is 0 Å². The van der Waals surface area contributed by atoms with Crippen LogP contribution in [0.2, 0.25) is 0 Å². The van der Waals surface area contributed by atoms with Crippen LogP contribution in [-0.4, -0.2) is 52.9 Å². The first-order valence-corrected chi connectivity index (χ1v) is 11.4. The number of ether oxygens (including phenoxy) is 2. The van der Waals surface area contributed by atoms with Gasteiger partial charge in [-0.2, -0.15) is 0 Å². The molecule has 166 valence electrons. The summed E-state index contributed by atoms with van der Waals surface area (Å²) in [5.74, 6) is 1.74. The lowest BCUT2D eigenvalue weighted by Gasteiger charge is -2.38. The van der Waals surface area contributed by atoms with Crippen molar-refractivity contribution in [3.8, 4) is 11.5 Å². The normalized spacial score (nSPS) is 20.4.